The Kier molecular flexibility index (Phi) is 5.79. The average molecular weight is 318 g/mol. The van der Waals surface area contributed by atoms with Crippen LogP contribution in [0.4, 0.5) is 11.4 Å². The summed E-state index contributed by atoms with van der Waals surface area (Å²) in [5, 5.41) is 3.51. The lowest BCUT2D eigenvalue weighted by atomic mass is 10.0. The summed E-state index contributed by atoms with van der Waals surface area (Å²) in [7, 11) is 0. The molecule has 3 rings (SSSR count). The molecule has 1 spiro atoms. The van der Waals surface area contributed by atoms with Gasteiger partial charge in [-0.1, -0.05) is 26.2 Å². The number of rotatable bonds is 7. The van der Waals surface area contributed by atoms with Crippen LogP contribution in [0.2, 0.25) is 0 Å². The van der Waals surface area contributed by atoms with Crippen molar-refractivity contribution in [3.63, 3.8) is 0 Å². The van der Waals surface area contributed by atoms with Gasteiger partial charge in [-0.25, -0.2) is 0 Å². The first-order valence-corrected chi connectivity index (χ1v) is 9.18. The summed E-state index contributed by atoms with van der Waals surface area (Å²) in [6, 6.07) is 8.84. The molecule has 2 saturated heterocycles. The maximum atomic E-state index is 5.80. The van der Waals surface area contributed by atoms with Crippen molar-refractivity contribution >= 4 is 11.4 Å². The van der Waals surface area contributed by atoms with Crippen molar-refractivity contribution in [2.45, 2.75) is 51.2 Å². The first-order chi connectivity index (χ1) is 11.3. The van der Waals surface area contributed by atoms with Crippen LogP contribution < -0.4 is 10.2 Å². The van der Waals surface area contributed by atoms with Crippen molar-refractivity contribution in [3.05, 3.63) is 24.3 Å². The van der Waals surface area contributed by atoms with Gasteiger partial charge in [-0.05, 0) is 30.7 Å². The number of nitrogens with one attached hydrogen (secondary N) is 1. The standard InChI is InChI=1S/C19H30N2O2/c1-2-3-4-5-12-20-17-6-8-18(9-7-17)21-13-10-19(11-14-21)22-15-16-23-19/h6-9,20H,2-5,10-16H2,1H3. The predicted octanol–water partition coefficient (Wildman–Crippen LogP) is 4.02. The van der Waals surface area contributed by atoms with E-state index in [9.17, 15) is 0 Å². The lowest BCUT2D eigenvalue weighted by Gasteiger charge is -2.38. The lowest BCUT2D eigenvalue weighted by molar-refractivity contribution is -0.169. The van der Waals surface area contributed by atoms with Gasteiger partial charge in [0.1, 0.15) is 0 Å². The van der Waals surface area contributed by atoms with Crippen LogP contribution >= 0.6 is 0 Å². The summed E-state index contributed by atoms with van der Waals surface area (Å²) in [5.74, 6) is -0.281. The Morgan fingerprint density at radius 2 is 1.70 bits per heavy atom. The van der Waals surface area contributed by atoms with Crippen molar-refractivity contribution in [2.24, 2.45) is 0 Å². The van der Waals surface area contributed by atoms with E-state index in [0.29, 0.717) is 0 Å². The number of hydrogen-bond donors (Lipinski definition) is 1. The maximum Gasteiger partial charge on any atom is 0.171 e. The molecule has 128 valence electrons. The molecule has 1 aromatic rings. The van der Waals surface area contributed by atoms with E-state index in [2.05, 4.69) is 41.4 Å². The molecule has 2 aliphatic rings. The predicted molar refractivity (Wildman–Crippen MR) is 95.2 cm³/mol. The van der Waals surface area contributed by atoms with Crippen LogP contribution in [0.3, 0.4) is 0 Å². The molecule has 0 saturated carbocycles. The third-order valence-electron chi connectivity index (χ3n) is 4.93. The van der Waals surface area contributed by atoms with E-state index in [1.165, 1.54) is 37.1 Å². The Balaban J connectivity index is 1.44. The van der Waals surface area contributed by atoms with E-state index < -0.39 is 0 Å². The van der Waals surface area contributed by atoms with Gasteiger partial charge in [0.05, 0.1) is 13.2 Å². The third-order valence-corrected chi connectivity index (χ3v) is 4.93. The molecule has 23 heavy (non-hydrogen) atoms. The summed E-state index contributed by atoms with van der Waals surface area (Å²) in [4.78, 5) is 2.43. The van der Waals surface area contributed by atoms with Crippen LogP contribution in [-0.4, -0.2) is 38.6 Å². The highest BCUT2D eigenvalue weighted by molar-refractivity contribution is 5.55. The summed E-state index contributed by atoms with van der Waals surface area (Å²) in [5.41, 5.74) is 2.52. The van der Waals surface area contributed by atoms with Crippen LogP contribution in [0, 0.1) is 0 Å². The number of nitrogens with zero attached hydrogens (tertiary/aromatic N) is 1. The van der Waals surface area contributed by atoms with Gasteiger partial charge < -0.3 is 19.7 Å². The molecule has 1 aromatic carbocycles. The Hall–Kier alpha value is -1.26. The van der Waals surface area contributed by atoms with Gasteiger partial charge in [0.15, 0.2) is 5.79 Å². The SMILES string of the molecule is CCCCCCNc1ccc(N2CCC3(CC2)OCCO3)cc1. The molecule has 0 radical (unpaired) electrons. The maximum absolute atomic E-state index is 5.80. The highest BCUT2D eigenvalue weighted by Crippen LogP contribution is 2.33. The molecule has 0 aliphatic carbocycles. The van der Waals surface area contributed by atoms with Crippen molar-refractivity contribution < 1.29 is 9.47 Å². The molecule has 0 unspecified atom stereocenters. The average Bonchev–Trinajstić information content (AvgIpc) is 3.04. The van der Waals surface area contributed by atoms with Crippen molar-refractivity contribution in [1.29, 1.82) is 0 Å². The summed E-state index contributed by atoms with van der Waals surface area (Å²) >= 11 is 0. The van der Waals surface area contributed by atoms with Crippen LogP contribution in [0.5, 0.6) is 0 Å². The molecule has 0 amide bonds. The van der Waals surface area contributed by atoms with E-state index in [-0.39, 0.29) is 5.79 Å². The quantitative estimate of drug-likeness (QED) is 0.770. The number of benzene rings is 1. The van der Waals surface area contributed by atoms with Gasteiger partial charge in [-0.15, -0.1) is 0 Å². The van der Waals surface area contributed by atoms with E-state index in [1.54, 1.807) is 0 Å². The second-order valence-corrected chi connectivity index (χ2v) is 6.63. The summed E-state index contributed by atoms with van der Waals surface area (Å²) in [6.45, 7) is 6.82. The van der Waals surface area contributed by atoms with Gasteiger partial charge in [0.25, 0.3) is 0 Å². The lowest BCUT2D eigenvalue weighted by Crippen LogP contribution is -2.45. The molecule has 2 aliphatic heterocycles. The molecule has 1 N–H and O–H groups in total. The number of ether oxygens (including phenoxy) is 2. The normalized spacial score (nSPS) is 20.1. The van der Waals surface area contributed by atoms with E-state index in [1.807, 2.05) is 0 Å². The zero-order valence-electron chi connectivity index (χ0n) is 14.4. The molecular formula is C19H30N2O2. The molecular weight excluding hydrogens is 288 g/mol. The van der Waals surface area contributed by atoms with E-state index in [4.69, 9.17) is 9.47 Å². The fourth-order valence-corrected chi connectivity index (χ4v) is 3.47. The fraction of sp³-hybridized carbons (Fsp3) is 0.684. The highest BCUT2D eigenvalue weighted by Gasteiger charge is 2.39. The minimum Gasteiger partial charge on any atom is -0.385 e. The number of piperidine rings is 1. The molecule has 4 nitrogen and oxygen atoms in total. The van der Waals surface area contributed by atoms with Gasteiger partial charge in [0, 0.05) is 43.9 Å². The van der Waals surface area contributed by atoms with Gasteiger partial charge in [-0.3, -0.25) is 0 Å². The number of unbranched alkanes of at least 4 members (excludes halogenated alkanes) is 3. The Morgan fingerprint density at radius 1 is 1.00 bits per heavy atom. The van der Waals surface area contributed by atoms with Gasteiger partial charge >= 0.3 is 0 Å². The first kappa shape index (κ1) is 16.6. The molecule has 0 aromatic heterocycles. The van der Waals surface area contributed by atoms with Crippen LogP contribution in [0.15, 0.2) is 24.3 Å². The summed E-state index contributed by atoms with van der Waals surface area (Å²) < 4.78 is 11.6. The van der Waals surface area contributed by atoms with Crippen molar-refractivity contribution in [2.75, 3.05) is 43.1 Å². The summed E-state index contributed by atoms with van der Waals surface area (Å²) in [6.07, 6.45) is 7.13. The smallest absolute Gasteiger partial charge is 0.171 e. The Morgan fingerprint density at radius 3 is 2.35 bits per heavy atom. The molecule has 2 fully saturated rings. The number of anilines is 2. The minimum atomic E-state index is -0.281. The third kappa shape index (κ3) is 4.39. The second kappa shape index (κ2) is 8.02. The fourth-order valence-electron chi connectivity index (χ4n) is 3.47. The monoisotopic (exact) mass is 318 g/mol. The first-order valence-electron chi connectivity index (χ1n) is 9.18. The zero-order chi connectivity index (χ0) is 16.0. The van der Waals surface area contributed by atoms with E-state index >= 15 is 0 Å². The second-order valence-electron chi connectivity index (χ2n) is 6.63. The highest BCUT2D eigenvalue weighted by atomic mass is 16.7. The van der Waals surface area contributed by atoms with E-state index in [0.717, 1.165) is 45.7 Å². The minimum absolute atomic E-state index is 0.281. The molecule has 4 heteroatoms. The van der Waals surface area contributed by atoms with Crippen LogP contribution in [-0.2, 0) is 9.47 Å². The zero-order valence-corrected chi connectivity index (χ0v) is 14.4. The number of hydrogen-bond acceptors (Lipinski definition) is 4. The molecule has 0 atom stereocenters. The van der Waals surface area contributed by atoms with Gasteiger partial charge in [-0.2, -0.15) is 0 Å². The molecule has 0 bridgehead atoms. The van der Waals surface area contributed by atoms with Crippen molar-refractivity contribution in [3.8, 4) is 0 Å². The van der Waals surface area contributed by atoms with Crippen molar-refractivity contribution in [1.82, 2.24) is 0 Å². The van der Waals surface area contributed by atoms with Gasteiger partial charge in [0.2, 0.25) is 0 Å². The molecule has 2 heterocycles. The van der Waals surface area contributed by atoms with Crippen LogP contribution in [0.1, 0.15) is 45.4 Å². The largest absolute Gasteiger partial charge is 0.385 e. The Labute approximate surface area is 140 Å². The topological polar surface area (TPSA) is 33.7 Å². The Bertz CT molecular complexity index is 459. The van der Waals surface area contributed by atoms with Crippen LogP contribution in [0.25, 0.3) is 0 Å².